The summed E-state index contributed by atoms with van der Waals surface area (Å²) in [5.41, 5.74) is -0.111. The largest absolute Gasteiger partial charge is 0.497 e. The molecule has 10 heteroatoms. The third kappa shape index (κ3) is 3.71. The first-order valence-electron chi connectivity index (χ1n) is 8.89. The van der Waals surface area contributed by atoms with Crippen molar-refractivity contribution in [2.75, 3.05) is 24.4 Å². The quantitative estimate of drug-likeness (QED) is 0.484. The summed E-state index contributed by atoms with van der Waals surface area (Å²) in [4.78, 5) is 10.2. The van der Waals surface area contributed by atoms with Crippen molar-refractivity contribution < 1.29 is 17.9 Å². The summed E-state index contributed by atoms with van der Waals surface area (Å²) in [6.07, 6.45) is -2.93. The number of nitrogens with one attached hydrogen (secondary N) is 2. The van der Waals surface area contributed by atoms with Gasteiger partial charge in [-0.05, 0) is 30.3 Å². The van der Waals surface area contributed by atoms with Gasteiger partial charge in [-0.25, -0.2) is 4.98 Å². The van der Waals surface area contributed by atoms with E-state index >= 15 is 0 Å². The molecular weight excluding hydrogens is 397 g/mol. The number of aromatic amines is 1. The number of ether oxygens (including phenoxy) is 1. The lowest BCUT2D eigenvalue weighted by Gasteiger charge is -2.17. The summed E-state index contributed by atoms with van der Waals surface area (Å²) >= 11 is 0. The minimum atomic E-state index is -4.48. The molecule has 0 saturated heterocycles. The molecule has 4 aromatic rings. The number of benzene rings is 2. The van der Waals surface area contributed by atoms with Gasteiger partial charge in [-0.2, -0.15) is 23.3 Å². The Balaban J connectivity index is 1.66. The minimum Gasteiger partial charge on any atom is -0.497 e. The molecule has 0 aliphatic rings. The molecule has 0 aliphatic carbocycles. The number of H-pyrrole nitrogens is 1. The van der Waals surface area contributed by atoms with E-state index in [9.17, 15) is 13.2 Å². The molecule has 7 nitrogen and oxygen atoms in total. The summed E-state index contributed by atoms with van der Waals surface area (Å²) in [5, 5.41) is 10.0. The van der Waals surface area contributed by atoms with Crippen LogP contribution in [0.2, 0.25) is 0 Å². The van der Waals surface area contributed by atoms with Gasteiger partial charge in [0.05, 0.1) is 18.2 Å². The summed E-state index contributed by atoms with van der Waals surface area (Å²) in [6.45, 7) is 0. The second-order valence-electron chi connectivity index (χ2n) is 6.43. The Labute approximate surface area is 169 Å². The van der Waals surface area contributed by atoms with Crippen LogP contribution < -0.4 is 15.0 Å². The lowest BCUT2D eigenvalue weighted by Crippen LogP contribution is -2.13. The minimum absolute atomic E-state index is 0.0735. The lowest BCUT2D eigenvalue weighted by molar-refractivity contribution is -0.136. The summed E-state index contributed by atoms with van der Waals surface area (Å²) in [7, 11) is 3.25. The Morgan fingerprint density at radius 2 is 1.90 bits per heavy atom. The predicted molar refractivity (Wildman–Crippen MR) is 107 cm³/mol. The Kier molecular flexibility index (Phi) is 4.90. The fourth-order valence-corrected chi connectivity index (χ4v) is 3.05. The molecule has 0 radical (unpaired) electrons. The highest BCUT2D eigenvalue weighted by molar-refractivity contribution is 5.94. The van der Waals surface area contributed by atoms with Gasteiger partial charge < -0.3 is 15.0 Å². The molecule has 0 fully saturated rings. The lowest BCUT2D eigenvalue weighted by atomic mass is 10.1. The Morgan fingerprint density at radius 3 is 2.67 bits per heavy atom. The third-order valence-electron chi connectivity index (χ3n) is 4.51. The van der Waals surface area contributed by atoms with Crippen molar-refractivity contribution >= 4 is 34.2 Å². The number of aromatic nitrogens is 4. The van der Waals surface area contributed by atoms with Crippen LogP contribution >= 0.6 is 0 Å². The zero-order valence-corrected chi connectivity index (χ0v) is 16.0. The zero-order chi connectivity index (χ0) is 21.3. The number of rotatable bonds is 5. The number of hydrogen-bond donors (Lipinski definition) is 2. The number of methoxy groups -OCH3 is 1. The highest BCUT2D eigenvalue weighted by Gasteiger charge is 2.34. The molecule has 0 spiro atoms. The maximum atomic E-state index is 13.3. The van der Waals surface area contributed by atoms with Crippen molar-refractivity contribution in [1.29, 1.82) is 0 Å². The van der Waals surface area contributed by atoms with Crippen LogP contribution in [0.15, 0.2) is 54.7 Å². The molecular formula is C20H17F3N6O. The maximum absolute atomic E-state index is 13.3. The van der Waals surface area contributed by atoms with Crippen LogP contribution in [0.4, 0.5) is 36.4 Å². The van der Waals surface area contributed by atoms with Crippen LogP contribution in [0.25, 0.3) is 10.9 Å². The van der Waals surface area contributed by atoms with E-state index in [-0.39, 0.29) is 5.52 Å². The van der Waals surface area contributed by atoms with Crippen molar-refractivity contribution in [3.63, 3.8) is 0 Å². The molecule has 0 aliphatic heterocycles. The number of hydrogen-bond acceptors (Lipinski definition) is 6. The average Bonchev–Trinajstić information content (AvgIpc) is 3.17. The van der Waals surface area contributed by atoms with Gasteiger partial charge in [-0.3, -0.25) is 5.10 Å². The molecule has 0 bridgehead atoms. The SMILES string of the molecule is COc1cccc(Nc2nccc(N(C)c3n[nH]c4c(C(F)(F)F)cccc34)n2)c1. The van der Waals surface area contributed by atoms with E-state index < -0.39 is 11.7 Å². The Morgan fingerprint density at radius 1 is 1.10 bits per heavy atom. The smallest absolute Gasteiger partial charge is 0.418 e. The number of halogens is 3. The van der Waals surface area contributed by atoms with E-state index in [4.69, 9.17) is 4.74 Å². The van der Waals surface area contributed by atoms with Crippen molar-refractivity contribution in [3.05, 3.63) is 60.3 Å². The van der Waals surface area contributed by atoms with E-state index in [0.717, 1.165) is 11.8 Å². The van der Waals surface area contributed by atoms with Gasteiger partial charge in [0.25, 0.3) is 0 Å². The van der Waals surface area contributed by atoms with Gasteiger partial charge in [0.2, 0.25) is 5.95 Å². The standard InChI is InChI=1S/C20H17F3N6O/c1-29(18-14-7-4-8-15(20(21,22)23)17(14)27-28-18)16-9-10-24-19(26-16)25-12-5-3-6-13(11-12)30-2/h3-11H,1-2H3,(H,27,28)(H,24,25,26). The summed E-state index contributed by atoms with van der Waals surface area (Å²) in [5.74, 6) is 1.78. The normalized spacial score (nSPS) is 11.5. The third-order valence-corrected chi connectivity index (χ3v) is 4.51. The highest BCUT2D eigenvalue weighted by atomic mass is 19.4. The van der Waals surface area contributed by atoms with E-state index in [1.54, 1.807) is 43.5 Å². The maximum Gasteiger partial charge on any atom is 0.418 e. The van der Waals surface area contributed by atoms with Crippen LogP contribution in [0, 0.1) is 0 Å². The van der Waals surface area contributed by atoms with Crippen LogP contribution in [-0.2, 0) is 6.18 Å². The van der Waals surface area contributed by atoms with Crippen LogP contribution in [0.5, 0.6) is 5.75 Å². The van der Waals surface area contributed by atoms with Crippen molar-refractivity contribution in [2.24, 2.45) is 0 Å². The summed E-state index contributed by atoms with van der Waals surface area (Å²) in [6, 6.07) is 12.9. The van der Waals surface area contributed by atoms with Gasteiger partial charge in [0.15, 0.2) is 5.82 Å². The van der Waals surface area contributed by atoms with Gasteiger partial charge >= 0.3 is 6.18 Å². The molecule has 4 rings (SSSR count). The van der Waals surface area contributed by atoms with Crippen LogP contribution in [-0.4, -0.2) is 34.3 Å². The number of fused-ring (bicyclic) bond motifs is 1. The fourth-order valence-electron chi connectivity index (χ4n) is 3.05. The molecule has 2 aromatic carbocycles. The van der Waals surface area contributed by atoms with Crippen LogP contribution in [0.3, 0.4) is 0 Å². The monoisotopic (exact) mass is 414 g/mol. The number of alkyl halides is 3. The van der Waals surface area contributed by atoms with Crippen molar-refractivity contribution in [3.8, 4) is 5.75 Å². The molecule has 2 aromatic heterocycles. The van der Waals surface area contributed by atoms with E-state index in [0.29, 0.717) is 28.7 Å². The Bertz CT molecular complexity index is 1190. The molecule has 0 saturated carbocycles. The number of anilines is 4. The Hall–Kier alpha value is -3.82. The van der Waals surface area contributed by atoms with Crippen molar-refractivity contribution in [1.82, 2.24) is 20.2 Å². The predicted octanol–water partition coefficient (Wildman–Crippen LogP) is 4.89. The van der Waals surface area contributed by atoms with E-state index in [1.807, 2.05) is 18.2 Å². The molecule has 2 heterocycles. The zero-order valence-electron chi connectivity index (χ0n) is 16.0. The molecule has 2 N–H and O–H groups in total. The van der Waals surface area contributed by atoms with Gasteiger partial charge in [0, 0.05) is 30.4 Å². The fraction of sp³-hybridized carbons (Fsp3) is 0.150. The van der Waals surface area contributed by atoms with Crippen molar-refractivity contribution in [2.45, 2.75) is 6.18 Å². The molecule has 0 atom stereocenters. The van der Waals surface area contributed by atoms with E-state index in [1.165, 1.54) is 6.07 Å². The summed E-state index contributed by atoms with van der Waals surface area (Å²) < 4.78 is 45.0. The number of para-hydroxylation sites is 1. The average molecular weight is 414 g/mol. The molecule has 0 amide bonds. The van der Waals surface area contributed by atoms with Gasteiger partial charge in [-0.15, -0.1) is 0 Å². The second-order valence-corrected chi connectivity index (χ2v) is 6.43. The first kappa shape index (κ1) is 19.5. The molecule has 30 heavy (non-hydrogen) atoms. The molecule has 0 unspecified atom stereocenters. The van der Waals surface area contributed by atoms with Gasteiger partial charge in [-0.1, -0.05) is 12.1 Å². The second kappa shape index (κ2) is 7.54. The topological polar surface area (TPSA) is 79.0 Å². The van der Waals surface area contributed by atoms with Gasteiger partial charge in [0.1, 0.15) is 11.6 Å². The molecule has 154 valence electrons. The highest BCUT2D eigenvalue weighted by Crippen LogP contribution is 2.37. The number of nitrogens with zero attached hydrogens (tertiary/aromatic N) is 4. The van der Waals surface area contributed by atoms with Crippen LogP contribution in [0.1, 0.15) is 5.56 Å². The van der Waals surface area contributed by atoms with E-state index in [2.05, 4.69) is 25.5 Å². The first-order valence-corrected chi connectivity index (χ1v) is 8.89. The first-order chi connectivity index (χ1) is 14.4.